The number of ether oxygens (including phenoxy) is 1. The molecule has 4 rings (SSSR count). The first-order chi connectivity index (χ1) is 16.6. The van der Waals surface area contributed by atoms with Gasteiger partial charge in [-0.3, -0.25) is 9.69 Å². The predicted molar refractivity (Wildman–Crippen MR) is 133 cm³/mol. The lowest BCUT2D eigenvalue weighted by Crippen LogP contribution is -2.55. The number of halogens is 1. The van der Waals surface area contributed by atoms with Gasteiger partial charge in [-0.1, -0.05) is 24.3 Å². The Morgan fingerprint density at radius 1 is 1.00 bits per heavy atom. The second kappa shape index (κ2) is 10.5. The maximum absolute atomic E-state index is 13.5. The van der Waals surface area contributed by atoms with E-state index in [0.717, 1.165) is 13.1 Å². The van der Waals surface area contributed by atoms with Gasteiger partial charge in [0.2, 0.25) is 5.91 Å². The number of piperidine rings is 1. The van der Waals surface area contributed by atoms with Crippen molar-refractivity contribution in [1.29, 1.82) is 0 Å². The Kier molecular flexibility index (Phi) is 7.64. The van der Waals surface area contributed by atoms with E-state index < -0.39 is 17.0 Å². The summed E-state index contributed by atoms with van der Waals surface area (Å²) in [5.41, 5.74) is 0.185. The molecule has 2 N–H and O–H groups in total. The Balaban J connectivity index is 1.41. The summed E-state index contributed by atoms with van der Waals surface area (Å²) in [7, 11) is 0. The molecule has 2 aromatic carbocycles. The first kappa shape index (κ1) is 25.4. The number of rotatable bonds is 6. The molecule has 0 saturated carbocycles. The van der Waals surface area contributed by atoms with Gasteiger partial charge in [0.15, 0.2) is 0 Å². The van der Waals surface area contributed by atoms with Crippen LogP contribution < -0.4 is 9.64 Å². The molecule has 2 saturated heterocycles. The molecule has 2 aromatic rings. The molecule has 2 fully saturated rings. The van der Waals surface area contributed by atoms with E-state index in [4.69, 9.17) is 4.74 Å². The highest BCUT2D eigenvalue weighted by molar-refractivity contribution is 5.73. The van der Waals surface area contributed by atoms with Crippen LogP contribution in [0.1, 0.15) is 25.3 Å². The van der Waals surface area contributed by atoms with Crippen molar-refractivity contribution in [2.24, 2.45) is 0 Å². The molecule has 1 amide bonds. The van der Waals surface area contributed by atoms with Crippen molar-refractivity contribution in [3.63, 3.8) is 0 Å². The Hall–Kier alpha value is -2.68. The summed E-state index contributed by atoms with van der Waals surface area (Å²) in [4.78, 5) is 18.1. The average molecular weight is 486 g/mol. The molecule has 0 spiro atoms. The molecule has 0 aromatic heterocycles. The third-order valence-electron chi connectivity index (χ3n) is 7.11. The zero-order valence-corrected chi connectivity index (χ0v) is 20.6. The number of hydrogen-bond acceptors (Lipinski definition) is 6. The molecule has 0 unspecified atom stereocenters. The van der Waals surface area contributed by atoms with Crippen LogP contribution in [0.5, 0.6) is 5.75 Å². The van der Waals surface area contributed by atoms with Crippen LogP contribution in [0.25, 0.3) is 0 Å². The molecule has 0 bridgehead atoms. The Labute approximate surface area is 206 Å². The maximum Gasteiger partial charge on any atom is 0.219 e. The fourth-order valence-corrected chi connectivity index (χ4v) is 5.17. The Morgan fingerprint density at radius 3 is 2.43 bits per heavy atom. The molecule has 0 radical (unpaired) electrons. The van der Waals surface area contributed by atoms with Crippen molar-refractivity contribution in [2.75, 3.05) is 57.3 Å². The van der Waals surface area contributed by atoms with Gasteiger partial charge in [0.25, 0.3) is 0 Å². The third kappa shape index (κ3) is 6.51. The van der Waals surface area contributed by atoms with Crippen molar-refractivity contribution in [3.8, 4) is 5.75 Å². The predicted octanol–water partition coefficient (Wildman–Crippen LogP) is 2.44. The van der Waals surface area contributed by atoms with Gasteiger partial charge in [0.05, 0.1) is 12.1 Å². The molecular formula is C27H36FN3O4. The highest BCUT2D eigenvalue weighted by Crippen LogP contribution is 2.30. The van der Waals surface area contributed by atoms with Crippen molar-refractivity contribution >= 4 is 11.6 Å². The number of aliphatic hydroxyl groups is 2. The topological polar surface area (TPSA) is 76.5 Å². The van der Waals surface area contributed by atoms with Gasteiger partial charge >= 0.3 is 0 Å². The molecule has 2 aliphatic heterocycles. The number of anilines is 1. The van der Waals surface area contributed by atoms with Crippen molar-refractivity contribution in [1.82, 2.24) is 9.80 Å². The maximum atomic E-state index is 13.5. The highest BCUT2D eigenvalue weighted by Gasteiger charge is 2.41. The van der Waals surface area contributed by atoms with E-state index in [1.165, 1.54) is 30.3 Å². The monoisotopic (exact) mass is 485 g/mol. The molecule has 7 nitrogen and oxygen atoms in total. The van der Waals surface area contributed by atoms with Gasteiger partial charge in [-0.05, 0) is 43.5 Å². The lowest BCUT2D eigenvalue weighted by Gasteiger charge is -2.43. The van der Waals surface area contributed by atoms with Gasteiger partial charge in [-0.15, -0.1) is 0 Å². The fourth-order valence-electron chi connectivity index (χ4n) is 5.17. The van der Waals surface area contributed by atoms with Crippen LogP contribution in [0.15, 0.2) is 48.5 Å². The number of carbonyl (C=O) groups is 1. The third-order valence-corrected chi connectivity index (χ3v) is 7.11. The normalized spacial score (nSPS) is 23.1. The first-order valence-corrected chi connectivity index (χ1v) is 12.3. The molecular weight excluding hydrogens is 449 g/mol. The standard InChI is InChI=1S/C27H36FN3O4/c1-21-6-3-4-9-25(21)30-12-10-26(33,11-13-30)17-29-14-15-31(22(2)32)19-27(34,18-29)20-35-24-8-5-7-23(28)16-24/h3-9,16,33-34H,10-15,17-20H2,1-2H3/t27-/m1/s1. The number of carbonyl (C=O) groups excluding carboxylic acids is 1. The second-order valence-corrected chi connectivity index (χ2v) is 10.1. The van der Waals surface area contributed by atoms with Crippen molar-refractivity contribution in [3.05, 3.63) is 59.9 Å². The summed E-state index contributed by atoms with van der Waals surface area (Å²) in [6, 6.07) is 14.1. The van der Waals surface area contributed by atoms with E-state index in [1.54, 1.807) is 17.0 Å². The van der Waals surface area contributed by atoms with Crippen LogP contribution >= 0.6 is 0 Å². The smallest absolute Gasteiger partial charge is 0.219 e. The summed E-state index contributed by atoms with van der Waals surface area (Å²) < 4.78 is 19.3. The average Bonchev–Trinajstić information content (AvgIpc) is 2.98. The van der Waals surface area contributed by atoms with Crippen LogP contribution in [0.3, 0.4) is 0 Å². The van der Waals surface area contributed by atoms with Gasteiger partial charge in [-0.25, -0.2) is 4.39 Å². The molecule has 0 aliphatic carbocycles. The second-order valence-electron chi connectivity index (χ2n) is 10.1. The minimum absolute atomic E-state index is 0.0871. The van der Waals surface area contributed by atoms with Crippen LogP contribution in [0.2, 0.25) is 0 Å². The lowest BCUT2D eigenvalue weighted by molar-refractivity contribution is -0.132. The quantitative estimate of drug-likeness (QED) is 0.655. The summed E-state index contributed by atoms with van der Waals surface area (Å²) >= 11 is 0. The number of hydrogen-bond donors (Lipinski definition) is 2. The van der Waals surface area contributed by atoms with Crippen LogP contribution in [0, 0.1) is 12.7 Å². The first-order valence-electron chi connectivity index (χ1n) is 12.3. The van der Waals surface area contributed by atoms with Crippen LogP contribution in [0.4, 0.5) is 10.1 Å². The lowest BCUT2D eigenvalue weighted by atomic mass is 9.89. The fraction of sp³-hybridized carbons (Fsp3) is 0.519. The molecule has 1 atom stereocenters. The number of β-amino-alcohol motifs (C(OH)–C–C–N with tert-alkyl or cyclic N) is 2. The minimum Gasteiger partial charge on any atom is -0.490 e. The van der Waals surface area contributed by atoms with E-state index in [-0.39, 0.29) is 25.6 Å². The number of para-hydroxylation sites is 1. The van der Waals surface area contributed by atoms with Gasteiger partial charge < -0.3 is 24.7 Å². The summed E-state index contributed by atoms with van der Waals surface area (Å²) in [5.74, 6) is -0.214. The highest BCUT2D eigenvalue weighted by atomic mass is 19.1. The molecule has 35 heavy (non-hydrogen) atoms. The molecule has 2 heterocycles. The number of benzene rings is 2. The van der Waals surface area contributed by atoms with E-state index in [9.17, 15) is 19.4 Å². The van der Waals surface area contributed by atoms with E-state index in [2.05, 4.69) is 24.0 Å². The van der Waals surface area contributed by atoms with Gasteiger partial charge in [0, 0.05) is 57.9 Å². The van der Waals surface area contributed by atoms with Crippen molar-refractivity contribution < 1.29 is 24.1 Å². The minimum atomic E-state index is -1.35. The zero-order valence-electron chi connectivity index (χ0n) is 20.6. The summed E-state index contributed by atoms with van der Waals surface area (Å²) in [6.07, 6.45) is 1.24. The van der Waals surface area contributed by atoms with E-state index in [0.29, 0.717) is 38.2 Å². The number of nitrogens with zero attached hydrogens (tertiary/aromatic N) is 3. The van der Waals surface area contributed by atoms with Crippen LogP contribution in [-0.2, 0) is 4.79 Å². The zero-order chi connectivity index (χ0) is 25.1. The summed E-state index contributed by atoms with van der Waals surface area (Å²) in [6.45, 7) is 6.78. The van der Waals surface area contributed by atoms with E-state index in [1.807, 2.05) is 17.0 Å². The molecule has 8 heteroatoms. The number of aryl methyl sites for hydroxylation is 1. The largest absolute Gasteiger partial charge is 0.490 e. The summed E-state index contributed by atoms with van der Waals surface area (Å²) in [5, 5.41) is 22.9. The van der Waals surface area contributed by atoms with Crippen LogP contribution in [-0.4, -0.2) is 89.5 Å². The van der Waals surface area contributed by atoms with Gasteiger partial charge in [-0.2, -0.15) is 0 Å². The SMILES string of the molecule is CC(=O)N1CCN(CC2(O)CCN(c3ccccc3C)CC2)C[C@](O)(COc2cccc(F)c2)C1. The Morgan fingerprint density at radius 2 is 1.74 bits per heavy atom. The van der Waals surface area contributed by atoms with E-state index >= 15 is 0 Å². The Bertz CT molecular complexity index is 1030. The van der Waals surface area contributed by atoms with Crippen molar-refractivity contribution in [2.45, 2.75) is 37.9 Å². The molecule has 190 valence electrons. The molecule has 2 aliphatic rings. The number of amides is 1. The van der Waals surface area contributed by atoms with Gasteiger partial charge in [0.1, 0.15) is 23.8 Å².